The molecule has 3 aromatic rings. The summed E-state index contributed by atoms with van der Waals surface area (Å²) in [6, 6.07) is 15.0. The topological polar surface area (TPSA) is 71.2 Å². The number of nitrogens with one attached hydrogen (secondary N) is 2. The van der Waals surface area contributed by atoms with Crippen molar-refractivity contribution in [2.24, 2.45) is 0 Å². The number of carbonyl (C=O) groups excluding carboxylic acids is 2. The van der Waals surface area contributed by atoms with E-state index >= 15 is 0 Å². The van der Waals surface area contributed by atoms with E-state index in [-0.39, 0.29) is 5.91 Å². The Hall–Kier alpha value is -3.08. The number of rotatable bonds is 5. The highest BCUT2D eigenvalue weighted by Gasteiger charge is 2.53. The van der Waals surface area contributed by atoms with Crippen LogP contribution in [-0.4, -0.2) is 23.5 Å². The Morgan fingerprint density at radius 1 is 1.11 bits per heavy atom. The van der Waals surface area contributed by atoms with Crippen molar-refractivity contribution in [3.63, 3.8) is 0 Å². The molecule has 0 unspecified atom stereocenters. The van der Waals surface area contributed by atoms with Crippen molar-refractivity contribution in [1.29, 1.82) is 0 Å². The number of aryl methyl sites for hydroxylation is 1. The number of ether oxygens (including phenoxy) is 1. The third kappa shape index (κ3) is 2.89. The van der Waals surface area contributed by atoms with Crippen LogP contribution in [0.2, 0.25) is 0 Å². The lowest BCUT2D eigenvalue weighted by molar-refractivity contribution is -0.118. The summed E-state index contributed by atoms with van der Waals surface area (Å²) in [6.45, 7) is 4.06. The maximum atomic E-state index is 13.2. The van der Waals surface area contributed by atoms with Crippen LogP contribution in [-0.2, 0) is 14.9 Å². The lowest BCUT2D eigenvalue weighted by Crippen LogP contribution is -2.29. The highest BCUT2D eigenvalue weighted by Crippen LogP contribution is 2.52. The number of aromatic amines is 1. The minimum absolute atomic E-state index is 0.0768. The first kappa shape index (κ1) is 17.3. The summed E-state index contributed by atoms with van der Waals surface area (Å²) < 4.78 is 5.11. The van der Waals surface area contributed by atoms with Gasteiger partial charge in [0.25, 0.3) is 0 Å². The van der Waals surface area contributed by atoms with Crippen molar-refractivity contribution < 1.29 is 14.3 Å². The van der Waals surface area contributed by atoms with Gasteiger partial charge in [0.05, 0.1) is 23.3 Å². The maximum absolute atomic E-state index is 13.2. The van der Waals surface area contributed by atoms with Gasteiger partial charge in [0.1, 0.15) is 0 Å². The SMILES string of the molecule is CCOC(=O)c1ccccc1NC(=O)C1(c2c(C)[nH]c3ccccc23)CC1. The minimum Gasteiger partial charge on any atom is -0.462 e. The van der Waals surface area contributed by atoms with E-state index in [0.29, 0.717) is 17.9 Å². The zero-order chi connectivity index (χ0) is 19.0. The van der Waals surface area contributed by atoms with E-state index in [9.17, 15) is 9.59 Å². The Morgan fingerprint density at radius 3 is 2.56 bits per heavy atom. The molecule has 1 aliphatic rings. The van der Waals surface area contributed by atoms with Crippen LogP contribution in [0.3, 0.4) is 0 Å². The summed E-state index contributed by atoms with van der Waals surface area (Å²) in [4.78, 5) is 28.8. The average Bonchev–Trinajstić information content (AvgIpc) is 3.39. The second-order valence-corrected chi connectivity index (χ2v) is 6.97. The molecule has 1 aliphatic carbocycles. The molecule has 2 aromatic carbocycles. The molecule has 0 saturated heterocycles. The Balaban J connectivity index is 1.68. The number of amides is 1. The Kier molecular flexibility index (Phi) is 4.22. The average molecular weight is 362 g/mol. The molecule has 0 spiro atoms. The number of aromatic nitrogens is 1. The van der Waals surface area contributed by atoms with Gasteiger partial charge in [0.15, 0.2) is 0 Å². The second-order valence-electron chi connectivity index (χ2n) is 6.97. The molecule has 27 heavy (non-hydrogen) atoms. The summed E-state index contributed by atoms with van der Waals surface area (Å²) in [5.74, 6) is -0.506. The van der Waals surface area contributed by atoms with E-state index in [1.54, 1.807) is 31.2 Å². The van der Waals surface area contributed by atoms with E-state index < -0.39 is 11.4 Å². The smallest absolute Gasteiger partial charge is 0.340 e. The van der Waals surface area contributed by atoms with Gasteiger partial charge in [0.2, 0.25) is 5.91 Å². The van der Waals surface area contributed by atoms with Gasteiger partial charge in [0, 0.05) is 16.6 Å². The van der Waals surface area contributed by atoms with Crippen LogP contribution in [0.1, 0.15) is 41.4 Å². The number of esters is 1. The van der Waals surface area contributed by atoms with Crippen LogP contribution in [0.5, 0.6) is 0 Å². The largest absolute Gasteiger partial charge is 0.462 e. The van der Waals surface area contributed by atoms with Gasteiger partial charge in [-0.2, -0.15) is 0 Å². The molecule has 5 nitrogen and oxygen atoms in total. The highest BCUT2D eigenvalue weighted by molar-refractivity contribution is 6.08. The second kappa shape index (κ2) is 6.58. The molecule has 1 fully saturated rings. The lowest BCUT2D eigenvalue weighted by Gasteiger charge is -2.18. The first-order valence-corrected chi connectivity index (χ1v) is 9.22. The number of carbonyl (C=O) groups is 2. The van der Waals surface area contributed by atoms with Crippen molar-refractivity contribution in [2.75, 3.05) is 11.9 Å². The zero-order valence-corrected chi connectivity index (χ0v) is 15.5. The molecular formula is C22H22N2O3. The molecule has 0 aliphatic heterocycles. The van der Waals surface area contributed by atoms with Gasteiger partial charge in [-0.1, -0.05) is 30.3 Å². The lowest BCUT2D eigenvalue weighted by atomic mass is 9.92. The number of benzene rings is 2. The number of hydrogen-bond donors (Lipinski definition) is 2. The molecule has 1 aromatic heterocycles. The summed E-state index contributed by atoms with van der Waals surface area (Å²) >= 11 is 0. The fourth-order valence-electron chi connectivity index (χ4n) is 3.83. The van der Waals surface area contributed by atoms with Crippen molar-refractivity contribution in [2.45, 2.75) is 32.1 Å². The molecule has 4 rings (SSSR count). The van der Waals surface area contributed by atoms with Gasteiger partial charge in [-0.15, -0.1) is 0 Å². The van der Waals surface area contributed by atoms with Gasteiger partial charge < -0.3 is 15.0 Å². The van der Waals surface area contributed by atoms with Crippen LogP contribution in [0.4, 0.5) is 5.69 Å². The Bertz CT molecular complexity index is 1030. The molecule has 0 atom stereocenters. The fraction of sp³-hybridized carbons (Fsp3) is 0.273. The van der Waals surface area contributed by atoms with Crippen molar-refractivity contribution in [3.05, 3.63) is 65.4 Å². The number of para-hydroxylation sites is 2. The molecule has 0 radical (unpaired) electrons. The van der Waals surface area contributed by atoms with E-state index in [1.807, 2.05) is 31.2 Å². The molecule has 138 valence electrons. The molecule has 5 heteroatoms. The van der Waals surface area contributed by atoms with E-state index in [1.165, 1.54) is 0 Å². The van der Waals surface area contributed by atoms with Gasteiger partial charge in [-0.25, -0.2) is 4.79 Å². The first-order valence-electron chi connectivity index (χ1n) is 9.22. The van der Waals surface area contributed by atoms with Gasteiger partial charge in [-0.05, 0) is 50.5 Å². The standard InChI is InChI=1S/C22H22N2O3/c1-3-27-20(25)16-9-5-7-11-18(16)24-21(26)22(12-13-22)19-14(2)23-17-10-6-4-8-15(17)19/h4-11,23H,3,12-13H2,1-2H3,(H,24,26). The Morgan fingerprint density at radius 2 is 1.81 bits per heavy atom. The monoisotopic (exact) mass is 362 g/mol. The summed E-state index contributed by atoms with van der Waals surface area (Å²) in [6.07, 6.45) is 1.59. The molecular weight excluding hydrogens is 340 g/mol. The van der Waals surface area contributed by atoms with Crippen LogP contribution in [0, 0.1) is 6.92 Å². The van der Waals surface area contributed by atoms with Crippen LogP contribution in [0.15, 0.2) is 48.5 Å². The maximum Gasteiger partial charge on any atom is 0.340 e. The van der Waals surface area contributed by atoms with Crippen molar-refractivity contribution >= 4 is 28.5 Å². The summed E-state index contributed by atoms with van der Waals surface area (Å²) in [5, 5.41) is 4.06. The number of anilines is 1. The fourth-order valence-corrected chi connectivity index (χ4v) is 3.83. The first-order chi connectivity index (χ1) is 13.1. The van der Waals surface area contributed by atoms with E-state index in [4.69, 9.17) is 4.74 Å². The molecule has 0 bridgehead atoms. The summed E-state index contributed by atoms with van der Waals surface area (Å²) in [5.41, 5.74) is 3.43. The van der Waals surface area contributed by atoms with E-state index in [2.05, 4.69) is 10.3 Å². The van der Waals surface area contributed by atoms with Gasteiger partial charge in [-0.3, -0.25) is 4.79 Å². The molecule has 1 saturated carbocycles. The van der Waals surface area contributed by atoms with Crippen molar-refractivity contribution in [3.8, 4) is 0 Å². The number of fused-ring (bicyclic) bond motifs is 1. The quantitative estimate of drug-likeness (QED) is 0.664. The van der Waals surface area contributed by atoms with Gasteiger partial charge >= 0.3 is 5.97 Å². The molecule has 1 amide bonds. The third-order valence-corrected chi connectivity index (χ3v) is 5.23. The third-order valence-electron chi connectivity index (χ3n) is 5.23. The Labute approximate surface area is 157 Å². The summed E-state index contributed by atoms with van der Waals surface area (Å²) in [7, 11) is 0. The number of hydrogen-bond acceptors (Lipinski definition) is 3. The number of H-pyrrole nitrogens is 1. The minimum atomic E-state index is -0.550. The van der Waals surface area contributed by atoms with Crippen molar-refractivity contribution in [1.82, 2.24) is 4.98 Å². The van der Waals surface area contributed by atoms with Crippen LogP contribution < -0.4 is 5.32 Å². The van der Waals surface area contributed by atoms with Crippen LogP contribution in [0.25, 0.3) is 10.9 Å². The highest BCUT2D eigenvalue weighted by atomic mass is 16.5. The molecule has 2 N–H and O–H groups in total. The predicted molar refractivity (Wildman–Crippen MR) is 105 cm³/mol. The predicted octanol–water partition coefficient (Wildman–Crippen LogP) is 4.32. The zero-order valence-electron chi connectivity index (χ0n) is 15.5. The molecule has 1 heterocycles. The van der Waals surface area contributed by atoms with Crippen LogP contribution >= 0.6 is 0 Å². The van der Waals surface area contributed by atoms with E-state index in [0.717, 1.165) is 35.0 Å². The normalized spacial score (nSPS) is 14.7.